The van der Waals surface area contributed by atoms with Crippen LogP contribution in [0.4, 0.5) is 11.5 Å². The maximum atomic E-state index is 5.85. The first-order valence-electron chi connectivity index (χ1n) is 5.21. The highest BCUT2D eigenvalue weighted by molar-refractivity contribution is 5.47. The van der Waals surface area contributed by atoms with E-state index >= 15 is 0 Å². The van der Waals surface area contributed by atoms with E-state index < -0.39 is 0 Å². The summed E-state index contributed by atoms with van der Waals surface area (Å²) < 4.78 is 6.69. The van der Waals surface area contributed by atoms with E-state index in [0.717, 1.165) is 11.3 Å². The van der Waals surface area contributed by atoms with Crippen LogP contribution in [0, 0.1) is 0 Å². The van der Waals surface area contributed by atoms with Crippen LogP contribution >= 0.6 is 0 Å². The summed E-state index contributed by atoms with van der Waals surface area (Å²) in [7, 11) is 3.40. The van der Waals surface area contributed by atoms with Gasteiger partial charge in [0.25, 0.3) is 0 Å². The summed E-state index contributed by atoms with van der Waals surface area (Å²) in [6.45, 7) is 0.618. The van der Waals surface area contributed by atoms with Gasteiger partial charge < -0.3 is 15.8 Å². The highest BCUT2D eigenvalue weighted by Crippen LogP contribution is 2.16. The van der Waals surface area contributed by atoms with Crippen LogP contribution in [0.15, 0.2) is 24.5 Å². The van der Waals surface area contributed by atoms with Gasteiger partial charge in [-0.2, -0.15) is 5.10 Å². The number of methoxy groups -OCH3 is 1. The maximum Gasteiger partial charge on any atom is 0.214 e. The predicted molar refractivity (Wildman–Crippen MR) is 65.7 cm³/mol. The Labute approximate surface area is 99.4 Å². The minimum Gasteiger partial charge on any atom is -0.481 e. The molecular formula is C11H15N5O. The summed E-state index contributed by atoms with van der Waals surface area (Å²) in [6.07, 6.45) is 3.44. The molecule has 2 heterocycles. The Morgan fingerprint density at radius 2 is 2.35 bits per heavy atom. The molecule has 0 fully saturated rings. The van der Waals surface area contributed by atoms with E-state index in [1.165, 1.54) is 0 Å². The second-order valence-corrected chi connectivity index (χ2v) is 3.62. The molecule has 0 aliphatic heterocycles. The molecule has 17 heavy (non-hydrogen) atoms. The summed E-state index contributed by atoms with van der Waals surface area (Å²) in [4.78, 5) is 4.03. The number of nitrogens with two attached hydrogens (primary N) is 1. The number of aryl methyl sites for hydroxylation is 1. The molecule has 0 amide bonds. The highest BCUT2D eigenvalue weighted by atomic mass is 16.5. The van der Waals surface area contributed by atoms with Crippen LogP contribution in [0.5, 0.6) is 5.88 Å². The molecule has 0 radical (unpaired) electrons. The van der Waals surface area contributed by atoms with Crippen molar-refractivity contribution in [3.63, 3.8) is 0 Å². The molecule has 0 saturated carbocycles. The SMILES string of the molecule is COc1cc(NCc2cnn(C)c2N)ccn1. The minimum atomic E-state index is 0.578. The molecule has 0 saturated heterocycles. The van der Waals surface area contributed by atoms with Crippen molar-refractivity contribution >= 4 is 11.5 Å². The number of anilines is 2. The molecule has 90 valence electrons. The Morgan fingerprint density at radius 1 is 1.53 bits per heavy atom. The Balaban J connectivity index is 2.04. The van der Waals surface area contributed by atoms with Crippen molar-refractivity contribution < 1.29 is 4.74 Å². The second kappa shape index (κ2) is 4.73. The third-order valence-electron chi connectivity index (χ3n) is 2.49. The van der Waals surface area contributed by atoms with Crippen molar-refractivity contribution in [1.82, 2.24) is 14.8 Å². The van der Waals surface area contributed by atoms with Crippen molar-refractivity contribution in [3.05, 3.63) is 30.1 Å². The largest absolute Gasteiger partial charge is 0.481 e. The van der Waals surface area contributed by atoms with E-state index in [4.69, 9.17) is 10.5 Å². The normalized spacial score (nSPS) is 10.2. The van der Waals surface area contributed by atoms with Crippen LogP contribution < -0.4 is 15.8 Å². The number of aromatic nitrogens is 3. The molecule has 0 bridgehead atoms. The summed E-state index contributed by atoms with van der Waals surface area (Å²) in [5.41, 5.74) is 7.74. The third kappa shape index (κ3) is 2.47. The van der Waals surface area contributed by atoms with Gasteiger partial charge in [0.15, 0.2) is 0 Å². The lowest BCUT2D eigenvalue weighted by Gasteiger charge is -2.06. The lowest BCUT2D eigenvalue weighted by atomic mass is 10.3. The first-order valence-corrected chi connectivity index (χ1v) is 5.21. The van der Waals surface area contributed by atoms with Gasteiger partial charge in [-0.25, -0.2) is 4.98 Å². The van der Waals surface area contributed by atoms with Gasteiger partial charge in [0, 0.05) is 37.1 Å². The zero-order valence-corrected chi connectivity index (χ0v) is 9.84. The summed E-state index contributed by atoms with van der Waals surface area (Å²) in [6, 6.07) is 3.70. The van der Waals surface area contributed by atoms with Gasteiger partial charge in [0.05, 0.1) is 13.3 Å². The molecular weight excluding hydrogens is 218 g/mol. The maximum absolute atomic E-state index is 5.85. The standard InChI is InChI=1S/C11H15N5O/c1-16-11(12)8(7-15-16)6-14-9-3-4-13-10(5-9)17-2/h3-5,7H,6,12H2,1-2H3,(H,13,14). The van der Waals surface area contributed by atoms with Crippen molar-refractivity contribution in [2.45, 2.75) is 6.54 Å². The van der Waals surface area contributed by atoms with Crippen LogP contribution in [0.25, 0.3) is 0 Å². The number of pyridine rings is 1. The molecule has 0 aromatic carbocycles. The van der Waals surface area contributed by atoms with Gasteiger partial charge >= 0.3 is 0 Å². The number of hydrogen-bond donors (Lipinski definition) is 2. The van der Waals surface area contributed by atoms with Crippen molar-refractivity contribution in [3.8, 4) is 5.88 Å². The highest BCUT2D eigenvalue weighted by Gasteiger charge is 2.04. The quantitative estimate of drug-likeness (QED) is 0.824. The Morgan fingerprint density at radius 3 is 3.00 bits per heavy atom. The Kier molecular flexibility index (Phi) is 3.13. The van der Waals surface area contributed by atoms with E-state index in [1.807, 2.05) is 19.2 Å². The molecule has 2 aromatic rings. The molecule has 0 spiro atoms. The van der Waals surface area contributed by atoms with Crippen LogP contribution in [0.3, 0.4) is 0 Å². The summed E-state index contributed by atoms with van der Waals surface area (Å²) in [5.74, 6) is 1.24. The third-order valence-corrected chi connectivity index (χ3v) is 2.49. The van der Waals surface area contributed by atoms with Gasteiger partial charge in [-0.05, 0) is 6.07 Å². The fraction of sp³-hybridized carbons (Fsp3) is 0.273. The lowest BCUT2D eigenvalue weighted by molar-refractivity contribution is 0.398. The number of rotatable bonds is 4. The number of nitrogen functional groups attached to an aromatic ring is 1. The van der Waals surface area contributed by atoms with Crippen molar-refractivity contribution in [1.29, 1.82) is 0 Å². The topological polar surface area (TPSA) is 78.0 Å². The fourth-order valence-corrected chi connectivity index (χ4v) is 1.46. The van der Waals surface area contributed by atoms with Crippen molar-refractivity contribution in [2.24, 2.45) is 7.05 Å². The van der Waals surface area contributed by atoms with Crippen LogP contribution in [0.2, 0.25) is 0 Å². The summed E-state index contributed by atoms with van der Waals surface area (Å²) in [5, 5.41) is 7.31. The monoisotopic (exact) mass is 233 g/mol. The molecule has 0 aliphatic carbocycles. The van der Waals surface area contributed by atoms with Crippen LogP contribution in [-0.4, -0.2) is 21.9 Å². The smallest absolute Gasteiger partial charge is 0.214 e. The van der Waals surface area contributed by atoms with E-state index in [-0.39, 0.29) is 0 Å². The number of hydrogen-bond acceptors (Lipinski definition) is 5. The van der Waals surface area contributed by atoms with E-state index in [0.29, 0.717) is 18.2 Å². The molecule has 3 N–H and O–H groups in total. The number of nitrogens with zero attached hydrogens (tertiary/aromatic N) is 3. The molecule has 2 rings (SSSR count). The number of nitrogens with one attached hydrogen (secondary N) is 1. The van der Waals surface area contributed by atoms with Gasteiger partial charge in [-0.3, -0.25) is 4.68 Å². The lowest BCUT2D eigenvalue weighted by Crippen LogP contribution is -2.04. The van der Waals surface area contributed by atoms with E-state index in [9.17, 15) is 0 Å². The van der Waals surface area contributed by atoms with Gasteiger partial charge in [-0.15, -0.1) is 0 Å². The zero-order valence-electron chi connectivity index (χ0n) is 9.84. The molecule has 0 atom stereocenters. The number of ether oxygens (including phenoxy) is 1. The average molecular weight is 233 g/mol. The van der Waals surface area contributed by atoms with Gasteiger partial charge in [0.1, 0.15) is 5.82 Å². The molecule has 2 aromatic heterocycles. The van der Waals surface area contributed by atoms with E-state index in [1.54, 1.807) is 24.2 Å². The van der Waals surface area contributed by atoms with Crippen LogP contribution in [-0.2, 0) is 13.6 Å². The molecule has 6 heteroatoms. The second-order valence-electron chi connectivity index (χ2n) is 3.62. The van der Waals surface area contributed by atoms with Crippen molar-refractivity contribution in [2.75, 3.05) is 18.2 Å². The first kappa shape index (κ1) is 11.3. The molecule has 0 aliphatic rings. The predicted octanol–water partition coefficient (Wildman–Crippen LogP) is 1.02. The average Bonchev–Trinajstić information content (AvgIpc) is 2.68. The Hall–Kier alpha value is -2.24. The van der Waals surface area contributed by atoms with Gasteiger partial charge in [0.2, 0.25) is 5.88 Å². The van der Waals surface area contributed by atoms with Gasteiger partial charge in [-0.1, -0.05) is 0 Å². The minimum absolute atomic E-state index is 0.578. The summed E-state index contributed by atoms with van der Waals surface area (Å²) >= 11 is 0. The zero-order chi connectivity index (χ0) is 12.3. The molecule has 6 nitrogen and oxygen atoms in total. The van der Waals surface area contributed by atoms with E-state index in [2.05, 4.69) is 15.4 Å². The molecule has 0 unspecified atom stereocenters. The Bertz CT molecular complexity index is 508. The fourth-order valence-electron chi connectivity index (χ4n) is 1.46. The first-order chi connectivity index (χ1) is 8.20. The van der Waals surface area contributed by atoms with Crippen LogP contribution in [0.1, 0.15) is 5.56 Å².